The van der Waals surface area contributed by atoms with Crippen molar-refractivity contribution in [3.8, 4) is 0 Å². The maximum absolute atomic E-state index is 14.7. The lowest BCUT2D eigenvalue weighted by Gasteiger charge is -2.25. The molecule has 1 amide bonds. The number of pyridine rings is 1. The van der Waals surface area contributed by atoms with Crippen molar-refractivity contribution in [2.75, 3.05) is 25.0 Å². The Bertz CT molecular complexity index is 967. The van der Waals surface area contributed by atoms with Crippen molar-refractivity contribution in [2.45, 2.75) is 32.4 Å². The number of fused-ring (bicyclic) bond motifs is 1. The Morgan fingerprint density at radius 1 is 1.32 bits per heavy atom. The number of aryl methyl sites for hydroxylation is 1. The number of carbonyl (C=O) groups excluding carboxylic acids is 1. The summed E-state index contributed by atoms with van der Waals surface area (Å²) in [4.78, 5) is 35.6. The number of halogens is 1. The van der Waals surface area contributed by atoms with E-state index in [0.717, 1.165) is 32.0 Å². The van der Waals surface area contributed by atoms with E-state index in [1.54, 1.807) is 10.6 Å². The van der Waals surface area contributed by atoms with Gasteiger partial charge in [0.25, 0.3) is 5.91 Å². The predicted molar refractivity (Wildman–Crippen MR) is 103 cm³/mol. The van der Waals surface area contributed by atoms with Crippen molar-refractivity contribution in [3.63, 3.8) is 0 Å². The molecule has 9 heteroatoms. The molecule has 1 aromatic carbocycles. The molecule has 0 bridgehead atoms. The minimum absolute atomic E-state index is 0.0817. The summed E-state index contributed by atoms with van der Waals surface area (Å²) in [5.74, 6) is -2.58. The minimum Gasteiger partial charge on any atom is -0.480 e. The van der Waals surface area contributed by atoms with Gasteiger partial charge in [-0.25, -0.2) is 4.39 Å². The molecule has 3 rings (SSSR count). The Balaban J connectivity index is 2.01. The number of aliphatic carboxylic acids is 1. The summed E-state index contributed by atoms with van der Waals surface area (Å²) in [6.07, 6.45) is 3.13. The van der Waals surface area contributed by atoms with Crippen LogP contribution in [0.4, 0.5) is 10.1 Å². The van der Waals surface area contributed by atoms with Crippen LogP contribution in [0.2, 0.25) is 0 Å². The van der Waals surface area contributed by atoms with E-state index >= 15 is 0 Å². The Hall–Kier alpha value is -2.94. The number of anilines is 1. The Morgan fingerprint density at radius 3 is 2.68 bits per heavy atom. The summed E-state index contributed by atoms with van der Waals surface area (Å²) >= 11 is 0. The highest BCUT2D eigenvalue weighted by Gasteiger charge is 2.19. The summed E-state index contributed by atoms with van der Waals surface area (Å²) < 4.78 is 16.4. The van der Waals surface area contributed by atoms with Gasteiger partial charge in [-0.2, -0.15) is 0 Å². The molecule has 0 spiro atoms. The summed E-state index contributed by atoms with van der Waals surface area (Å²) in [6, 6.07) is 2.88. The molecule has 8 nitrogen and oxygen atoms in total. The van der Waals surface area contributed by atoms with E-state index in [1.165, 1.54) is 6.20 Å². The molecule has 4 N–H and O–H groups in total. The lowest BCUT2D eigenvalue weighted by molar-refractivity contribution is -0.135. The minimum atomic E-state index is -1.22. The Kier molecular flexibility index (Phi) is 5.93. The van der Waals surface area contributed by atoms with Gasteiger partial charge in [-0.05, 0) is 45.0 Å². The zero-order valence-corrected chi connectivity index (χ0v) is 15.5. The third-order valence-corrected chi connectivity index (χ3v) is 4.85. The van der Waals surface area contributed by atoms with Crippen LogP contribution < -0.4 is 21.4 Å². The molecule has 2 heterocycles. The molecular weight excluding hydrogens is 367 g/mol. The predicted octanol–water partition coefficient (Wildman–Crippen LogP) is 1.14. The largest absolute Gasteiger partial charge is 0.480 e. The normalized spacial score (nSPS) is 14.8. The summed E-state index contributed by atoms with van der Waals surface area (Å²) in [5.41, 5.74) is -0.00633. The maximum atomic E-state index is 14.7. The molecule has 1 fully saturated rings. The van der Waals surface area contributed by atoms with Crippen LogP contribution in [0.25, 0.3) is 10.9 Å². The number of carboxylic acids is 1. The number of rotatable bonds is 6. The SMILES string of the molecule is CCn1cc(C(=O)NCC(=O)O)c(=O)c2cc(F)c(NC3CCNCC3)cc21. The second kappa shape index (κ2) is 8.39. The Morgan fingerprint density at radius 2 is 2.04 bits per heavy atom. The molecular formula is C19H23FN4O4. The number of hydrogen-bond acceptors (Lipinski definition) is 5. The number of piperidine rings is 1. The molecule has 0 aliphatic carbocycles. The van der Waals surface area contributed by atoms with Gasteiger partial charge in [0.2, 0.25) is 5.43 Å². The van der Waals surface area contributed by atoms with Crippen LogP contribution in [0.15, 0.2) is 23.1 Å². The number of nitrogens with one attached hydrogen (secondary N) is 3. The third kappa shape index (κ3) is 4.14. The number of carboxylic acid groups (broad SMARTS) is 1. The first-order valence-corrected chi connectivity index (χ1v) is 9.24. The van der Waals surface area contributed by atoms with Crippen LogP contribution in [0, 0.1) is 5.82 Å². The molecule has 1 saturated heterocycles. The zero-order chi connectivity index (χ0) is 20.3. The topological polar surface area (TPSA) is 112 Å². The summed E-state index contributed by atoms with van der Waals surface area (Å²) in [7, 11) is 0. The van der Waals surface area contributed by atoms with Crippen LogP contribution >= 0.6 is 0 Å². The molecule has 28 heavy (non-hydrogen) atoms. The molecule has 0 saturated carbocycles. The highest BCUT2D eigenvalue weighted by Crippen LogP contribution is 2.24. The van der Waals surface area contributed by atoms with Gasteiger partial charge in [0.1, 0.15) is 17.9 Å². The molecule has 0 radical (unpaired) electrons. The average Bonchev–Trinajstić information content (AvgIpc) is 2.68. The average molecular weight is 390 g/mol. The standard InChI is InChI=1S/C19H23FN4O4/c1-2-24-10-13(19(28)22-9-17(25)26)18(27)12-7-14(20)15(8-16(12)24)23-11-3-5-21-6-4-11/h7-8,10-11,21,23H,2-6,9H2,1H3,(H,22,28)(H,25,26). The highest BCUT2D eigenvalue weighted by molar-refractivity contribution is 5.98. The van der Waals surface area contributed by atoms with E-state index in [1.807, 2.05) is 6.92 Å². The molecule has 0 unspecified atom stereocenters. The van der Waals surface area contributed by atoms with Crippen molar-refractivity contribution in [3.05, 3.63) is 39.9 Å². The quantitative estimate of drug-likeness (QED) is 0.588. The monoisotopic (exact) mass is 390 g/mol. The fraction of sp³-hybridized carbons (Fsp3) is 0.421. The van der Waals surface area contributed by atoms with Gasteiger partial charge >= 0.3 is 5.97 Å². The smallest absolute Gasteiger partial charge is 0.322 e. The second-order valence-electron chi connectivity index (χ2n) is 6.75. The van der Waals surface area contributed by atoms with E-state index < -0.39 is 29.7 Å². The summed E-state index contributed by atoms with van der Waals surface area (Å²) in [5, 5.41) is 17.4. The van der Waals surface area contributed by atoms with Gasteiger partial charge in [-0.1, -0.05) is 0 Å². The molecule has 1 aliphatic rings. The van der Waals surface area contributed by atoms with Crippen LogP contribution in [0.3, 0.4) is 0 Å². The Labute approximate surface area is 160 Å². The number of carbonyl (C=O) groups is 2. The number of benzene rings is 1. The van der Waals surface area contributed by atoms with Crippen LogP contribution in [0.5, 0.6) is 0 Å². The summed E-state index contributed by atoms with van der Waals surface area (Å²) in [6.45, 7) is 3.42. The molecule has 0 atom stereocenters. The third-order valence-electron chi connectivity index (χ3n) is 4.85. The van der Waals surface area contributed by atoms with Gasteiger partial charge in [0.15, 0.2) is 0 Å². The first-order chi connectivity index (χ1) is 13.4. The molecule has 1 aromatic heterocycles. The van der Waals surface area contributed by atoms with Gasteiger partial charge in [0.05, 0.1) is 11.2 Å². The van der Waals surface area contributed by atoms with Crippen LogP contribution in [-0.4, -0.2) is 47.2 Å². The van der Waals surface area contributed by atoms with Crippen molar-refractivity contribution in [2.24, 2.45) is 0 Å². The van der Waals surface area contributed by atoms with Gasteiger partial charge < -0.3 is 25.6 Å². The fourth-order valence-corrected chi connectivity index (χ4v) is 3.38. The van der Waals surface area contributed by atoms with Crippen LogP contribution in [0.1, 0.15) is 30.1 Å². The highest BCUT2D eigenvalue weighted by atomic mass is 19.1. The molecule has 2 aromatic rings. The van der Waals surface area contributed by atoms with Crippen molar-refractivity contribution in [1.29, 1.82) is 0 Å². The van der Waals surface area contributed by atoms with Crippen molar-refractivity contribution < 1.29 is 19.1 Å². The van der Waals surface area contributed by atoms with Crippen molar-refractivity contribution in [1.82, 2.24) is 15.2 Å². The lowest BCUT2D eigenvalue weighted by atomic mass is 10.1. The van der Waals surface area contributed by atoms with Gasteiger partial charge in [-0.15, -0.1) is 0 Å². The first-order valence-electron chi connectivity index (χ1n) is 9.24. The maximum Gasteiger partial charge on any atom is 0.322 e. The van der Waals surface area contributed by atoms with Gasteiger partial charge in [0, 0.05) is 24.2 Å². The van der Waals surface area contributed by atoms with Crippen LogP contribution in [-0.2, 0) is 11.3 Å². The van der Waals surface area contributed by atoms with Gasteiger partial charge in [-0.3, -0.25) is 14.4 Å². The second-order valence-corrected chi connectivity index (χ2v) is 6.75. The zero-order valence-electron chi connectivity index (χ0n) is 15.5. The van der Waals surface area contributed by atoms with E-state index in [9.17, 15) is 18.8 Å². The van der Waals surface area contributed by atoms with E-state index in [2.05, 4.69) is 16.0 Å². The molecule has 1 aliphatic heterocycles. The van der Waals surface area contributed by atoms with Crippen molar-refractivity contribution >= 4 is 28.5 Å². The van der Waals surface area contributed by atoms with E-state index in [4.69, 9.17) is 5.11 Å². The van der Waals surface area contributed by atoms with E-state index in [-0.39, 0.29) is 17.0 Å². The number of aromatic nitrogens is 1. The van der Waals surface area contributed by atoms with E-state index in [0.29, 0.717) is 17.7 Å². The molecule has 150 valence electrons. The lowest BCUT2D eigenvalue weighted by Crippen LogP contribution is -2.35. The fourth-order valence-electron chi connectivity index (χ4n) is 3.38. The first kappa shape index (κ1) is 19.8. The number of nitrogens with zero attached hydrogens (tertiary/aromatic N) is 1. The number of hydrogen-bond donors (Lipinski definition) is 4. The number of amides is 1.